The third-order valence-electron chi connectivity index (χ3n) is 3.71. The summed E-state index contributed by atoms with van der Waals surface area (Å²) >= 11 is 0. The van der Waals surface area contributed by atoms with Gasteiger partial charge in [0.25, 0.3) is 0 Å². The molecule has 1 N–H and O–H groups in total. The van der Waals surface area contributed by atoms with E-state index in [9.17, 15) is 9.90 Å². The largest absolute Gasteiger partial charge is 0.478 e. The molecule has 0 amide bonds. The number of aryl methyl sites for hydroxylation is 2. The van der Waals surface area contributed by atoms with E-state index in [1.807, 2.05) is 39.1 Å². The fraction of sp³-hybridized carbons (Fsp3) is 0.188. The van der Waals surface area contributed by atoms with Crippen LogP contribution in [0, 0.1) is 13.8 Å². The van der Waals surface area contributed by atoms with Crippen LogP contribution < -0.4 is 0 Å². The van der Waals surface area contributed by atoms with E-state index in [0.29, 0.717) is 16.6 Å². The molecule has 0 bridgehead atoms. The molecule has 0 radical (unpaired) electrons. The Morgan fingerprint density at radius 3 is 2.57 bits per heavy atom. The van der Waals surface area contributed by atoms with Crippen LogP contribution in [0.1, 0.15) is 21.7 Å². The van der Waals surface area contributed by atoms with Gasteiger partial charge in [0.05, 0.1) is 22.5 Å². The summed E-state index contributed by atoms with van der Waals surface area (Å²) in [7, 11) is 1.87. The van der Waals surface area contributed by atoms with Gasteiger partial charge in [-0.15, -0.1) is 0 Å². The van der Waals surface area contributed by atoms with Crippen molar-refractivity contribution in [3.63, 3.8) is 0 Å². The Labute approximate surface area is 121 Å². The Kier molecular flexibility index (Phi) is 2.97. The predicted molar refractivity (Wildman–Crippen MR) is 80.4 cm³/mol. The zero-order chi connectivity index (χ0) is 15.1. The fourth-order valence-electron chi connectivity index (χ4n) is 2.62. The Balaban J connectivity index is 2.36. The van der Waals surface area contributed by atoms with Gasteiger partial charge in [0.1, 0.15) is 0 Å². The number of hydrogen-bond donors (Lipinski definition) is 1. The highest BCUT2D eigenvalue weighted by Crippen LogP contribution is 2.29. The molecular weight excluding hydrogens is 266 g/mol. The molecule has 106 valence electrons. The number of carbonyl (C=O) groups is 1. The SMILES string of the molecule is Cc1nn(C)c(C)c1-c1cc(C(=O)O)c2ccccc2n1. The van der Waals surface area contributed by atoms with E-state index < -0.39 is 5.97 Å². The summed E-state index contributed by atoms with van der Waals surface area (Å²) in [5, 5.41) is 14.5. The second-order valence-electron chi connectivity index (χ2n) is 5.05. The Morgan fingerprint density at radius 1 is 1.24 bits per heavy atom. The van der Waals surface area contributed by atoms with Crippen LogP contribution in [0.3, 0.4) is 0 Å². The minimum Gasteiger partial charge on any atom is -0.478 e. The van der Waals surface area contributed by atoms with Crippen molar-refractivity contribution in [2.75, 3.05) is 0 Å². The molecule has 3 rings (SSSR count). The highest BCUT2D eigenvalue weighted by Gasteiger charge is 2.17. The minimum atomic E-state index is -0.950. The van der Waals surface area contributed by atoms with Crippen LogP contribution in [-0.2, 0) is 7.05 Å². The summed E-state index contributed by atoms with van der Waals surface area (Å²) in [4.78, 5) is 16.1. The Bertz CT molecular complexity index is 865. The van der Waals surface area contributed by atoms with E-state index in [1.165, 1.54) is 0 Å². The second kappa shape index (κ2) is 4.70. The summed E-state index contributed by atoms with van der Waals surface area (Å²) < 4.78 is 1.78. The number of benzene rings is 1. The number of rotatable bonds is 2. The lowest BCUT2D eigenvalue weighted by Gasteiger charge is -2.07. The smallest absolute Gasteiger partial charge is 0.336 e. The molecule has 5 nitrogen and oxygen atoms in total. The molecule has 0 fully saturated rings. The number of fused-ring (bicyclic) bond motifs is 1. The van der Waals surface area contributed by atoms with Gasteiger partial charge in [0, 0.05) is 23.7 Å². The third-order valence-corrected chi connectivity index (χ3v) is 3.71. The molecule has 1 aromatic carbocycles. The molecule has 2 heterocycles. The van der Waals surface area contributed by atoms with Crippen LogP contribution in [0.4, 0.5) is 0 Å². The van der Waals surface area contributed by atoms with Gasteiger partial charge in [-0.05, 0) is 26.0 Å². The number of carboxylic acids is 1. The van der Waals surface area contributed by atoms with Crippen molar-refractivity contribution >= 4 is 16.9 Å². The first-order valence-electron chi connectivity index (χ1n) is 6.62. The monoisotopic (exact) mass is 281 g/mol. The molecule has 3 aromatic rings. The number of para-hydroxylation sites is 1. The molecule has 2 aromatic heterocycles. The molecule has 21 heavy (non-hydrogen) atoms. The van der Waals surface area contributed by atoms with E-state index in [2.05, 4.69) is 10.1 Å². The van der Waals surface area contributed by atoms with Crippen molar-refractivity contribution < 1.29 is 9.90 Å². The first-order valence-corrected chi connectivity index (χ1v) is 6.62. The number of aromatic carboxylic acids is 1. The summed E-state index contributed by atoms with van der Waals surface area (Å²) in [6, 6.07) is 8.90. The molecule has 0 aliphatic rings. The van der Waals surface area contributed by atoms with Crippen molar-refractivity contribution in [2.24, 2.45) is 7.05 Å². The van der Waals surface area contributed by atoms with Gasteiger partial charge >= 0.3 is 5.97 Å². The van der Waals surface area contributed by atoms with Gasteiger partial charge in [-0.2, -0.15) is 5.10 Å². The van der Waals surface area contributed by atoms with Crippen LogP contribution in [0.15, 0.2) is 30.3 Å². The highest BCUT2D eigenvalue weighted by atomic mass is 16.4. The van der Waals surface area contributed by atoms with Crippen LogP contribution in [0.5, 0.6) is 0 Å². The number of hydrogen-bond acceptors (Lipinski definition) is 3. The molecular formula is C16H15N3O2. The summed E-state index contributed by atoms with van der Waals surface area (Å²) in [5.74, 6) is -0.950. The second-order valence-corrected chi connectivity index (χ2v) is 5.05. The van der Waals surface area contributed by atoms with E-state index >= 15 is 0 Å². The lowest BCUT2D eigenvalue weighted by molar-refractivity contribution is 0.0699. The standard InChI is InChI=1S/C16H15N3O2/c1-9-15(10(2)19(3)18-9)14-8-12(16(20)21)11-6-4-5-7-13(11)17-14/h4-8H,1-3H3,(H,20,21). The zero-order valence-corrected chi connectivity index (χ0v) is 12.1. The zero-order valence-electron chi connectivity index (χ0n) is 12.1. The van der Waals surface area contributed by atoms with E-state index in [1.54, 1.807) is 16.8 Å². The van der Waals surface area contributed by atoms with Crippen molar-refractivity contribution in [3.8, 4) is 11.3 Å². The summed E-state index contributed by atoms with van der Waals surface area (Å²) in [6.07, 6.45) is 0. The van der Waals surface area contributed by atoms with E-state index in [-0.39, 0.29) is 5.56 Å². The maximum atomic E-state index is 11.5. The van der Waals surface area contributed by atoms with E-state index in [0.717, 1.165) is 17.0 Å². The Morgan fingerprint density at radius 2 is 1.95 bits per heavy atom. The molecule has 0 atom stereocenters. The molecule has 0 saturated heterocycles. The molecule has 5 heteroatoms. The predicted octanol–water partition coefficient (Wildman–Crippen LogP) is 2.95. The quantitative estimate of drug-likeness (QED) is 0.784. The van der Waals surface area contributed by atoms with Gasteiger partial charge in [0.15, 0.2) is 0 Å². The van der Waals surface area contributed by atoms with E-state index in [4.69, 9.17) is 0 Å². The number of aromatic nitrogens is 3. The van der Waals surface area contributed by atoms with Gasteiger partial charge < -0.3 is 5.11 Å². The first-order chi connectivity index (χ1) is 9.99. The van der Waals surface area contributed by atoms with Gasteiger partial charge in [0.2, 0.25) is 0 Å². The number of nitrogens with zero attached hydrogens (tertiary/aromatic N) is 3. The number of pyridine rings is 1. The topological polar surface area (TPSA) is 68.0 Å². The van der Waals surface area contributed by atoms with Crippen LogP contribution in [0.2, 0.25) is 0 Å². The summed E-state index contributed by atoms with van der Waals surface area (Å²) in [6.45, 7) is 3.85. The minimum absolute atomic E-state index is 0.262. The van der Waals surface area contributed by atoms with Gasteiger partial charge in [-0.1, -0.05) is 18.2 Å². The van der Waals surface area contributed by atoms with Crippen molar-refractivity contribution in [1.29, 1.82) is 0 Å². The average molecular weight is 281 g/mol. The molecule has 0 aliphatic heterocycles. The summed E-state index contributed by atoms with van der Waals surface area (Å²) in [5.41, 5.74) is 4.29. The molecule has 0 saturated carbocycles. The number of carboxylic acid groups (broad SMARTS) is 1. The lowest BCUT2D eigenvalue weighted by Crippen LogP contribution is -2.01. The van der Waals surface area contributed by atoms with Crippen LogP contribution >= 0.6 is 0 Å². The van der Waals surface area contributed by atoms with Crippen molar-refractivity contribution in [3.05, 3.63) is 47.3 Å². The molecule has 0 unspecified atom stereocenters. The van der Waals surface area contributed by atoms with Gasteiger partial charge in [-0.3, -0.25) is 4.68 Å². The maximum Gasteiger partial charge on any atom is 0.336 e. The molecule has 0 spiro atoms. The van der Waals surface area contributed by atoms with Crippen molar-refractivity contribution in [2.45, 2.75) is 13.8 Å². The third kappa shape index (κ3) is 2.07. The maximum absolute atomic E-state index is 11.5. The normalized spacial score (nSPS) is 11.0. The average Bonchev–Trinajstić information content (AvgIpc) is 2.70. The molecule has 0 aliphatic carbocycles. The highest BCUT2D eigenvalue weighted by molar-refractivity contribution is 6.03. The fourth-order valence-corrected chi connectivity index (χ4v) is 2.62. The van der Waals surface area contributed by atoms with Crippen LogP contribution in [0.25, 0.3) is 22.2 Å². The van der Waals surface area contributed by atoms with Crippen LogP contribution in [-0.4, -0.2) is 25.8 Å². The Hall–Kier alpha value is -2.69. The van der Waals surface area contributed by atoms with Crippen molar-refractivity contribution in [1.82, 2.24) is 14.8 Å². The lowest BCUT2D eigenvalue weighted by atomic mass is 10.0. The van der Waals surface area contributed by atoms with Gasteiger partial charge in [-0.25, -0.2) is 9.78 Å². The first kappa shape index (κ1) is 13.3.